The van der Waals surface area contributed by atoms with Crippen LogP contribution in [0.1, 0.15) is 19.3 Å². The van der Waals surface area contributed by atoms with Gasteiger partial charge in [-0.1, -0.05) is 29.6 Å². The molecule has 0 aromatic heterocycles. The molecule has 0 heterocycles. The average molecular weight is 280 g/mol. The van der Waals surface area contributed by atoms with Crippen LogP contribution in [0.3, 0.4) is 0 Å². The second-order valence-electron chi connectivity index (χ2n) is 3.47. The molecule has 0 aliphatic carbocycles. The van der Waals surface area contributed by atoms with Crippen LogP contribution in [-0.2, 0) is 10.8 Å². The monoisotopic (exact) mass is 279 g/mol. The van der Waals surface area contributed by atoms with Crippen molar-refractivity contribution in [2.24, 2.45) is 5.73 Å². The molecule has 0 fully saturated rings. The second kappa shape index (κ2) is 7.28. The molecule has 1 unspecified atom stereocenters. The summed E-state index contributed by atoms with van der Waals surface area (Å²) in [5, 5.41) is 1.08. The first kappa shape index (κ1) is 14.0. The van der Waals surface area contributed by atoms with Crippen LogP contribution in [0.4, 0.5) is 0 Å². The van der Waals surface area contributed by atoms with Crippen LogP contribution in [0.5, 0.6) is 0 Å². The van der Waals surface area contributed by atoms with E-state index in [0.29, 0.717) is 27.2 Å². The Kier molecular flexibility index (Phi) is 6.36. The largest absolute Gasteiger partial charge is 0.330 e. The number of rotatable bonds is 6. The van der Waals surface area contributed by atoms with E-state index in [1.54, 1.807) is 18.2 Å². The fourth-order valence-electron chi connectivity index (χ4n) is 1.32. The summed E-state index contributed by atoms with van der Waals surface area (Å²) in [4.78, 5) is 0.627. The van der Waals surface area contributed by atoms with Gasteiger partial charge in [-0.25, -0.2) is 0 Å². The highest BCUT2D eigenvalue weighted by molar-refractivity contribution is 7.85. The van der Waals surface area contributed by atoms with Gasteiger partial charge in [0, 0.05) is 10.8 Å². The molecule has 1 aromatic rings. The van der Waals surface area contributed by atoms with Gasteiger partial charge < -0.3 is 5.73 Å². The second-order valence-corrected chi connectivity index (χ2v) is 5.86. The molecular formula is C11H15Cl2NOS. The summed E-state index contributed by atoms with van der Waals surface area (Å²) in [5.41, 5.74) is 5.39. The zero-order valence-electron chi connectivity index (χ0n) is 8.92. The van der Waals surface area contributed by atoms with Gasteiger partial charge in [-0.3, -0.25) is 4.21 Å². The Morgan fingerprint density at radius 1 is 1.19 bits per heavy atom. The third kappa shape index (κ3) is 4.42. The molecule has 0 aliphatic rings. The number of nitrogens with two attached hydrogens (primary N) is 1. The number of benzene rings is 1. The lowest BCUT2D eigenvalue weighted by atomic mass is 10.2. The van der Waals surface area contributed by atoms with E-state index >= 15 is 0 Å². The number of hydrogen-bond acceptors (Lipinski definition) is 2. The number of hydrogen-bond donors (Lipinski definition) is 1. The SMILES string of the molecule is NCCCCCS(=O)c1cc(Cl)ccc1Cl. The fourth-order valence-corrected chi connectivity index (χ4v) is 3.16. The van der Waals surface area contributed by atoms with E-state index in [1.807, 2.05) is 0 Å². The van der Waals surface area contributed by atoms with E-state index in [9.17, 15) is 4.21 Å². The van der Waals surface area contributed by atoms with Crippen LogP contribution < -0.4 is 5.73 Å². The topological polar surface area (TPSA) is 43.1 Å². The highest BCUT2D eigenvalue weighted by atomic mass is 35.5. The Bertz CT molecular complexity index is 371. The van der Waals surface area contributed by atoms with Gasteiger partial charge in [0.1, 0.15) is 0 Å². The maximum absolute atomic E-state index is 11.9. The Morgan fingerprint density at radius 2 is 1.94 bits per heavy atom. The lowest BCUT2D eigenvalue weighted by Gasteiger charge is -2.05. The minimum Gasteiger partial charge on any atom is -0.330 e. The lowest BCUT2D eigenvalue weighted by Crippen LogP contribution is -2.02. The predicted molar refractivity (Wildman–Crippen MR) is 70.6 cm³/mol. The molecular weight excluding hydrogens is 265 g/mol. The van der Waals surface area contributed by atoms with Gasteiger partial charge in [-0.2, -0.15) is 0 Å². The minimum atomic E-state index is -1.07. The van der Waals surface area contributed by atoms with Gasteiger partial charge in [0.15, 0.2) is 0 Å². The molecule has 0 saturated heterocycles. The van der Waals surface area contributed by atoms with Crippen molar-refractivity contribution < 1.29 is 4.21 Å². The first-order chi connectivity index (χ1) is 7.65. The number of unbranched alkanes of at least 4 members (excludes halogenated alkanes) is 2. The minimum absolute atomic E-state index is 0.515. The fraction of sp³-hybridized carbons (Fsp3) is 0.455. The van der Waals surface area contributed by atoms with Gasteiger partial charge >= 0.3 is 0 Å². The molecule has 16 heavy (non-hydrogen) atoms. The summed E-state index contributed by atoms with van der Waals surface area (Å²) in [7, 11) is -1.07. The first-order valence-electron chi connectivity index (χ1n) is 5.18. The molecule has 0 amide bonds. The lowest BCUT2D eigenvalue weighted by molar-refractivity contribution is 0.673. The van der Waals surface area contributed by atoms with Crippen LogP contribution in [0.2, 0.25) is 10.0 Å². The van der Waals surface area contributed by atoms with E-state index < -0.39 is 10.8 Å². The van der Waals surface area contributed by atoms with E-state index in [4.69, 9.17) is 28.9 Å². The smallest absolute Gasteiger partial charge is 0.0589 e. The molecule has 0 saturated carbocycles. The third-order valence-electron chi connectivity index (χ3n) is 2.17. The molecule has 2 N–H and O–H groups in total. The summed E-state index contributed by atoms with van der Waals surface area (Å²) >= 11 is 11.8. The Balaban J connectivity index is 2.55. The van der Waals surface area contributed by atoms with Crippen LogP contribution in [0.15, 0.2) is 23.1 Å². The summed E-state index contributed by atoms with van der Waals surface area (Å²) in [6.07, 6.45) is 2.87. The van der Waals surface area contributed by atoms with Gasteiger partial charge in [-0.15, -0.1) is 0 Å². The predicted octanol–water partition coefficient (Wildman–Crippen LogP) is 3.23. The summed E-state index contributed by atoms with van der Waals surface area (Å²) < 4.78 is 11.9. The Hall–Kier alpha value is -0.0900. The summed E-state index contributed by atoms with van der Waals surface area (Å²) in [6, 6.07) is 5.04. The summed E-state index contributed by atoms with van der Waals surface area (Å²) in [5.74, 6) is 0.611. The van der Waals surface area contributed by atoms with E-state index in [0.717, 1.165) is 19.3 Å². The zero-order chi connectivity index (χ0) is 12.0. The van der Waals surface area contributed by atoms with Gasteiger partial charge in [-0.05, 0) is 37.6 Å². The molecule has 2 nitrogen and oxygen atoms in total. The van der Waals surface area contributed by atoms with Gasteiger partial charge in [0.2, 0.25) is 0 Å². The van der Waals surface area contributed by atoms with Crippen molar-refractivity contribution in [1.29, 1.82) is 0 Å². The molecule has 1 aromatic carbocycles. The molecule has 90 valence electrons. The van der Waals surface area contributed by atoms with Crippen molar-refractivity contribution in [2.45, 2.75) is 24.2 Å². The molecule has 0 radical (unpaired) electrons. The van der Waals surface area contributed by atoms with Crippen molar-refractivity contribution in [3.8, 4) is 0 Å². The highest BCUT2D eigenvalue weighted by Gasteiger charge is 2.08. The Morgan fingerprint density at radius 3 is 2.62 bits per heavy atom. The van der Waals surface area contributed by atoms with Crippen molar-refractivity contribution >= 4 is 34.0 Å². The van der Waals surface area contributed by atoms with Crippen LogP contribution in [0.25, 0.3) is 0 Å². The van der Waals surface area contributed by atoms with E-state index in [2.05, 4.69) is 0 Å². The van der Waals surface area contributed by atoms with Crippen molar-refractivity contribution in [3.05, 3.63) is 28.2 Å². The molecule has 0 aliphatic heterocycles. The van der Waals surface area contributed by atoms with Crippen LogP contribution >= 0.6 is 23.2 Å². The average Bonchev–Trinajstić information content (AvgIpc) is 2.27. The van der Waals surface area contributed by atoms with Crippen molar-refractivity contribution in [3.63, 3.8) is 0 Å². The van der Waals surface area contributed by atoms with Crippen molar-refractivity contribution in [1.82, 2.24) is 0 Å². The maximum atomic E-state index is 11.9. The van der Waals surface area contributed by atoms with Crippen LogP contribution in [-0.4, -0.2) is 16.5 Å². The summed E-state index contributed by atoms with van der Waals surface area (Å²) in [6.45, 7) is 0.685. The molecule has 0 spiro atoms. The van der Waals surface area contributed by atoms with Gasteiger partial charge in [0.05, 0.1) is 20.7 Å². The molecule has 5 heteroatoms. The van der Waals surface area contributed by atoms with Gasteiger partial charge in [0.25, 0.3) is 0 Å². The normalized spacial score (nSPS) is 12.7. The molecule has 0 bridgehead atoms. The van der Waals surface area contributed by atoms with Crippen molar-refractivity contribution in [2.75, 3.05) is 12.3 Å². The van der Waals surface area contributed by atoms with E-state index in [-0.39, 0.29) is 0 Å². The molecule has 1 rings (SSSR count). The first-order valence-corrected chi connectivity index (χ1v) is 7.26. The quantitative estimate of drug-likeness (QED) is 0.813. The maximum Gasteiger partial charge on any atom is 0.0589 e. The van der Waals surface area contributed by atoms with E-state index in [1.165, 1.54) is 0 Å². The highest BCUT2D eigenvalue weighted by Crippen LogP contribution is 2.24. The molecule has 1 atom stereocenters. The van der Waals surface area contributed by atoms with Crippen LogP contribution in [0, 0.1) is 0 Å². The Labute approximate surface area is 109 Å². The standard InChI is InChI=1S/C11H15Cl2NOS/c12-9-4-5-10(13)11(8-9)16(15)7-3-1-2-6-14/h4-5,8H,1-3,6-7,14H2. The number of halogens is 2. The zero-order valence-corrected chi connectivity index (χ0v) is 11.2. The third-order valence-corrected chi connectivity index (χ3v) is 4.34.